The molecule has 0 bridgehead atoms. The minimum absolute atomic E-state index is 0.302. The summed E-state index contributed by atoms with van der Waals surface area (Å²) in [6.45, 7) is 1.95. The molecule has 0 aromatic rings. The average molecular weight is 294 g/mol. The first-order valence-corrected chi connectivity index (χ1v) is 8.05. The van der Waals surface area contributed by atoms with Crippen LogP contribution in [0, 0.1) is 0 Å². The summed E-state index contributed by atoms with van der Waals surface area (Å²) in [5, 5.41) is 17.8. The Hall–Kier alpha value is -1.35. The fraction of sp³-hybridized carbons (Fsp3) is 0.611. The highest BCUT2D eigenvalue weighted by atomic mass is 16.4. The molecule has 0 saturated carbocycles. The highest BCUT2D eigenvalue weighted by Crippen LogP contribution is 2.07. The zero-order valence-electron chi connectivity index (χ0n) is 13.2. The minimum Gasteiger partial charge on any atom is -0.481 e. The quantitative estimate of drug-likeness (QED) is 0.296. The highest BCUT2D eigenvalue weighted by molar-refractivity contribution is 5.66. The van der Waals surface area contributed by atoms with Gasteiger partial charge in [0.2, 0.25) is 0 Å². The molecular formula is C18H30O3. The van der Waals surface area contributed by atoms with E-state index in [2.05, 4.69) is 18.2 Å². The van der Waals surface area contributed by atoms with E-state index in [1.54, 1.807) is 6.08 Å². The van der Waals surface area contributed by atoms with E-state index in [9.17, 15) is 9.90 Å². The number of unbranched alkanes of at least 4 members (excludes halogenated alkanes) is 5. The van der Waals surface area contributed by atoms with E-state index >= 15 is 0 Å². The highest BCUT2D eigenvalue weighted by Gasteiger charge is 1.95. The lowest BCUT2D eigenvalue weighted by Crippen LogP contribution is -1.97. The van der Waals surface area contributed by atoms with Crippen molar-refractivity contribution in [2.24, 2.45) is 0 Å². The third kappa shape index (κ3) is 16.6. The standard InChI is InChI=1S/C18H30O3/c1-2-17(19)15-13-11-9-7-5-3-4-6-8-10-12-14-16-18(20)21/h3,5,9,11,13,15,17,19H,2,4,6-8,10,12,14,16H2,1H3,(H,20,21)/b5-3-,11-9-,15-13+/t17-/m0/s1. The van der Waals surface area contributed by atoms with Gasteiger partial charge in [0.1, 0.15) is 0 Å². The van der Waals surface area contributed by atoms with Crippen molar-refractivity contribution in [3.8, 4) is 0 Å². The van der Waals surface area contributed by atoms with Crippen LogP contribution in [0.1, 0.15) is 64.7 Å². The van der Waals surface area contributed by atoms with Crippen LogP contribution in [0.3, 0.4) is 0 Å². The summed E-state index contributed by atoms with van der Waals surface area (Å²) in [6.07, 6.45) is 20.1. The van der Waals surface area contributed by atoms with Crippen LogP contribution < -0.4 is 0 Å². The number of allylic oxidation sites excluding steroid dienone is 5. The van der Waals surface area contributed by atoms with Crippen LogP contribution in [0.15, 0.2) is 36.5 Å². The van der Waals surface area contributed by atoms with Gasteiger partial charge in [0.25, 0.3) is 0 Å². The summed E-state index contributed by atoms with van der Waals surface area (Å²) >= 11 is 0. The molecule has 0 aliphatic rings. The van der Waals surface area contributed by atoms with Gasteiger partial charge in [-0.15, -0.1) is 0 Å². The van der Waals surface area contributed by atoms with Gasteiger partial charge in [0, 0.05) is 6.42 Å². The summed E-state index contributed by atoms with van der Waals surface area (Å²) in [5.41, 5.74) is 0. The van der Waals surface area contributed by atoms with Crippen LogP contribution in [0.5, 0.6) is 0 Å². The largest absolute Gasteiger partial charge is 0.481 e. The Morgan fingerprint density at radius 3 is 2.43 bits per heavy atom. The number of rotatable bonds is 13. The molecule has 3 heteroatoms. The Balaban J connectivity index is 3.35. The number of aliphatic hydroxyl groups is 1. The van der Waals surface area contributed by atoms with Gasteiger partial charge in [0.05, 0.1) is 6.10 Å². The molecule has 0 aliphatic carbocycles. The molecule has 0 spiro atoms. The third-order valence-corrected chi connectivity index (χ3v) is 3.20. The maximum Gasteiger partial charge on any atom is 0.303 e. The van der Waals surface area contributed by atoms with Gasteiger partial charge in [-0.05, 0) is 32.1 Å². The first-order chi connectivity index (χ1) is 10.2. The zero-order chi connectivity index (χ0) is 15.8. The van der Waals surface area contributed by atoms with Crippen LogP contribution >= 0.6 is 0 Å². The van der Waals surface area contributed by atoms with E-state index in [0.29, 0.717) is 6.42 Å². The number of carbonyl (C=O) groups is 1. The fourth-order valence-corrected chi connectivity index (χ4v) is 1.85. The average Bonchev–Trinajstić information content (AvgIpc) is 2.46. The SMILES string of the molecule is CC[C@H](O)/C=C/C=C\C/C=C\CCCCCCCC(=O)O. The monoisotopic (exact) mass is 294 g/mol. The second-order valence-corrected chi connectivity index (χ2v) is 5.20. The first kappa shape index (κ1) is 19.7. The van der Waals surface area contributed by atoms with Crippen LogP contribution in [0.25, 0.3) is 0 Å². The summed E-state index contributed by atoms with van der Waals surface area (Å²) < 4.78 is 0. The Bertz CT molecular complexity index is 329. The second-order valence-electron chi connectivity index (χ2n) is 5.20. The predicted molar refractivity (Wildman–Crippen MR) is 88.3 cm³/mol. The molecule has 0 heterocycles. The Morgan fingerprint density at radius 1 is 1.00 bits per heavy atom. The molecule has 3 nitrogen and oxygen atoms in total. The van der Waals surface area contributed by atoms with Crippen molar-refractivity contribution in [1.82, 2.24) is 0 Å². The molecule has 0 amide bonds. The molecule has 120 valence electrons. The topological polar surface area (TPSA) is 57.5 Å². The maximum absolute atomic E-state index is 10.3. The number of aliphatic carboxylic acids is 1. The van der Waals surface area contributed by atoms with Crippen molar-refractivity contribution in [2.75, 3.05) is 0 Å². The van der Waals surface area contributed by atoms with Gasteiger partial charge in [-0.2, -0.15) is 0 Å². The number of aliphatic hydroxyl groups excluding tert-OH is 1. The molecule has 0 fully saturated rings. The van der Waals surface area contributed by atoms with E-state index in [1.165, 1.54) is 12.8 Å². The van der Waals surface area contributed by atoms with E-state index in [1.807, 2.05) is 19.1 Å². The van der Waals surface area contributed by atoms with Gasteiger partial charge >= 0.3 is 5.97 Å². The van der Waals surface area contributed by atoms with Gasteiger partial charge in [0.15, 0.2) is 0 Å². The van der Waals surface area contributed by atoms with E-state index in [4.69, 9.17) is 5.11 Å². The summed E-state index contributed by atoms with van der Waals surface area (Å²) in [7, 11) is 0. The molecule has 0 saturated heterocycles. The summed E-state index contributed by atoms with van der Waals surface area (Å²) in [5.74, 6) is -0.690. The number of hydrogen-bond acceptors (Lipinski definition) is 2. The van der Waals surface area contributed by atoms with Crippen molar-refractivity contribution in [3.63, 3.8) is 0 Å². The molecule has 0 rings (SSSR count). The van der Waals surface area contributed by atoms with Crippen LogP contribution in [-0.2, 0) is 4.79 Å². The van der Waals surface area contributed by atoms with E-state index in [-0.39, 0.29) is 6.10 Å². The molecule has 1 atom stereocenters. The van der Waals surface area contributed by atoms with Crippen molar-refractivity contribution >= 4 is 5.97 Å². The smallest absolute Gasteiger partial charge is 0.303 e. The van der Waals surface area contributed by atoms with Crippen molar-refractivity contribution in [2.45, 2.75) is 70.8 Å². The Morgan fingerprint density at radius 2 is 1.71 bits per heavy atom. The Labute approximate surface area is 129 Å². The van der Waals surface area contributed by atoms with Gasteiger partial charge in [-0.3, -0.25) is 4.79 Å². The lowest BCUT2D eigenvalue weighted by molar-refractivity contribution is -0.137. The molecule has 21 heavy (non-hydrogen) atoms. The lowest BCUT2D eigenvalue weighted by Gasteiger charge is -1.98. The van der Waals surface area contributed by atoms with Crippen LogP contribution in [-0.4, -0.2) is 22.3 Å². The number of hydrogen-bond donors (Lipinski definition) is 2. The third-order valence-electron chi connectivity index (χ3n) is 3.20. The molecule has 0 unspecified atom stereocenters. The fourth-order valence-electron chi connectivity index (χ4n) is 1.85. The van der Waals surface area contributed by atoms with Crippen molar-refractivity contribution in [3.05, 3.63) is 36.5 Å². The number of carboxylic acids is 1. The maximum atomic E-state index is 10.3. The predicted octanol–water partition coefficient (Wildman–Crippen LogP) is 4.63. The lowest BCUT2D eigenvalue weighted by atomic mass is 10.1. The summed E-state index contributed by atoms with van der Waals surface area (Å²) in [4.78, 5) is 10.3. The van der Waals surface area contributed by atoms with Crippen LogP contribution in [0.4, 0.5) is 0 Å². The van der Waals surface area contributed by atoms with Crippen molar-refractivity contribution < 1.29 is 15.0 Å². The molecule has 0 radical (unpaired) electrons. The normalized spacial score (nSPS) is 13.6. The van der Waals surface area contributed by atoms with Gasteiger partial charge in [-0.1, -0.05) is 62.6 Å². The van der Waals surface area contributed by atoms with E-state index < -0.39 is 5.97 Å². The van der Waals surface area contributed by atoms with Gasteiger partial charge < -0.3 is 10.2 Å². The molecule has 0 aliphatic heterocycles. The van der Waals surface area contributed by atoms with Gasteiger partial charge in [-0.25, -0.2) is 0 Å². The summed E-state index contributed by atoms with van der Waals surface area (Å²) in [6, 6.07) is 0. The Kier molecular flexibility index (Phi) is 14.1. The molecule has 0 aromatic carbocycles. The number of carboxylic acid groups (broad SMARTS) is 1. The second kappa shape index (κ2) is 15.0. The minimum atomic E-state index is -0.690. The first-order valence-electron chi connectivity index (χ1n) is 8.05. The molecular weight excluding hydrogens is 264 g/mol. The van der Waals surface area contributed by atoms with Crippen LogP contribution in [0.2, 0.25) is 0 Å². The zero-order valence-corrected chi connectivity index (χ0v) is 13.2. The molecule has 0 aromatic heterocycles. The van der Waals surface area contributed by atoms with Crippen molar-refractivity contribution in [1.29, 1.82) is 0 Å². The van der Waals surface area contributed by atoms with E-state index in [0.717, 1.165) is 38.5 Å². The molecule has 2 N–H and O–H groups in total.